The monoisotopic (exact) mass is 254 g/mol. The van der Waals surface area contributed by atoms with Crippen molar-refractivity contribution in [1.29, 1.82) is 0 Å². The molecule has 0 fully saturated rings. The SMILES string of the molecule is COc1ccc(C(C)C)cc1.[CH3-].[Y]. The van der Waals surface area contributed by atoms with E-state index in [9.17, 15) is 0 Å². The molecule has 1 rings (SSSR count). The van der Waals surface area contributed by atoms with Gasteiger partial charge in [0, 0.05) is 32.7 Å². The van der Waals surface area contributed by atoms with E-state index in [-0.39, 0.29) is 40.1 Å². The third-order valence-electron chi connectivity index (χ3n) is 1.78. The van der Waals surface area contributed by atoms with Crippen molar-refractivity contribution < 1.29 is 37.4 Å². The van der Waals surface area contributed by atoms with E-state index in [1.54, 1.807) is 7.11 Å². The zero-order valence-corrected chi connectivity index (χ0v) is 11.7. The van der Waals surface area contributed by atoms with Crippen molar-refractivity contribution in [2.75, 3.05) is 7.11 Å². The molecule has 0 amide bonds. The first kappa shape index (κ1) is 15.6. The molecule has 0 spiro atoms. The summed E-state index contributed by atoms with van der Waals surface area (Å²) in [5.74, 6) is 1.52. The summed E-state index contributed by atoms with van der Waals surface area (Å²) in [5, 5.41) is 0. The summed E-state index contributed by atoms with van der Waals surface area (Å²) in [4.78, 5) is 0. The fourth-order valence-electron chi connectivity index (χ4n) is 0.989. The van der Waals surface area contributed by atoms with Crippen LogP contribution in [0.25, 0.3) is 0 Å². The third kappa shape index (κ3) is 4.78. The maximum absolute atomic E-state index is 5.05. The van der Waals surface area contributed by atoms with Gasteiger partial charge in [-0.1, -0.05) is 26.0 Å². The fraction of sp³-hybridized carbons (Fsp3) is 0.364. The van der Waals surface area contributed by atoms with Gasteiger partial charge in [-0.3, -0.25) is 0 Å². The molecule has 1 radical (unpaired) electrons. The maximum Gasteiger partial charge on any atom is 0.118 e. The van der Waals surface area contributed by atoms with Crippen LogP contribution >= 0.6 is 0 Å². The Morgan fingerprint density at radius 3 is 1.85 bits per heavy atom. The largest absolute Gasteiger partial charge is 0.497 e. The number of benzene rings is 1. The summed E-state index contributed by atoms with van der Waals surface area (Å²) < 4.78 is 5.05. The number of ether oxygens (including phenoxy) is 1. The number of hydrogen-bond donors (Lipinski definition) is 0. The minimum absolute atomic E-state index is 0. The normalized spacial score (nSPS) is 8.62. The van der Waals surface area contributed by atoms with Gasteiger partial charge >= 0.3 is 0 Å². The van der Waals surface area contributed by atoms with Crippen LogP contribution in [0, 0.1) is 7.43 Å². The van der Waals surface area contributed by atoms with E-state index in [4.69, 9.17) is 4.74 Å². The second-order valence-electron chi connectivity index (χ2n) is 2.93. The van der Waals surface area contributed by atoms with Gasteiger partial charge in [0.05, 0.1) is 7.11 Å². The van der Waals surface area contributed by atoms with Crippen LogP contribution in [0.3, 0.4) is 0 Å². The van der Waals surface area contributed by atoms with Crippen molar-refractivity contribution in [3.05, 3.63) is 37.3 Å². The molecule has 0 unspecified atom stereocenters. The molecule has 1 nitrogen and oxygen atoms in total. The fourth-order valence-corrected chi connectivity index (χ4v) is 0.989. The van der Waals surface area contributed by atoms with E-state index in [2.05, 4.69) is 26.0 Å². The van der Waals surface area contributed by atoms with Gasteiger partial charge in [-0.05, 0) is 23.6 Å². The number of rotatable bonds is 2. The van der Waals surface area contributed by atoms with Crippen LogP contribution in [-0.2, 0) is 32.7 Å². The van der Waals surface area contributed by atoms with Gasteiger partial charge in [0.2, 0.25) is 0 Å². The van der Waals surface area contributed by atoms with Crippen molar-refractivity contribution in [3.8, 4) is 5.75 Å². The molecule has 0 aromatic heterocycles. The van der Waals surface area contributed by atoms with E-state index in [1.165, 1.54) is 5.56 Å². The maximum atomic E-state index is 5.05. The van der Waals surface area contributed by atoms with Crippen LogP contribution < -0.4 is 4.74 Å². The molecule has 1 aromatic carbocycles. The minimum Gasteiger partial charge on any atom is -0.497 e. The topological polar surface area (TPSA) is 9.23 Å². The van der Waals surface area contributed by atoms with Crippen LogP contribution in [0.5, 0.6) is 5.75 Å². The Morgan fingerprint density at radius 2 is 1.54 bits per heavy atom. The van der Waals surface area contributed by atoms with E-state index in [0.29, 0.717) is 5.92 Å². The summed E-state index contributed by atoms with van der Waals surface area (Å²) in [6.45, 7) is 4.36. The molecule has 0 saturated carbocycles. The van der Waals surface area contributed by atoms with Crippen molar-refractivity contribution in [1.82, 2.24) is 0 Å². The predicted octanol–water partition coefficient (Wildman–Crippen LogP) is 3.27. The molecule has 1 aromatic rings. The molecule has 2 heteroatoms. The average Bonchev–Trinajstić information content (AvgIpc) is 2.05. The van der Waals surface area contributed by atoms with E-state index >= 15 is 0 Å². The van der Waals surface area contributed by atoms with Crippen LogP contribution in [0.2, 0.25) is 0 Å². The van der Waals surface area contributed by atoms with Crippen LogP contribution in [-0.4, -0.2) is 7.11 Å². The Bertz CT molecular complexity index is 216. The molecule has 0 atom stereocenters. The summed E-state index contributed by atoms with van der Waals surface area (Å²) in [6.07, 6.45) is 0. The summed E-state index contributed by atoms with van der Waals surface area (Å²) in [6, 6.07) is 8.19. The van der Waals surface area contributed by atoms with Crippen LogP contribution in [0.1, 0.15) is 25.3 Å². The van der Waals surface area contributed by atoms with Gasteiger partial charge in [0.1, 0.15) is 5.75 Å². The first-order chi connectivity index (χ1) is 5.24. The molecule has 0 saturated heterocycles. The number of methoxy groups -OCH3 is 1. The first-order valence-electron chi connectivity index (χ1n) is 3.88. The molecule has 71 valence electrons. The van der Waals surface area contributed by atoms with Crippen molar-refractivity contribution >= 4 is 0 Å². The summed E-state index contributed by atoms with van der Waals surface area (Å²) in [7, 11) is 1.68. The molecule has 0 heterocycles. The number of hydrogen-bond acceptors (Lipinski definition) is 1. The quantitative estimate of drug-likeness (QED) is 0.736. The summed E-state index contributed by atoms with van der Waals surface area (Å²) in [5.41, 5.74) is 1.35. The third-order valence-corrected chi connectivity index (χ3v) is 1.78. The van der Waals surface area contributed by atoms with Gasteiger partial charge < -0.3 is 12.2 Å². The van der Waals surface area contributed by atoms with Gasteiger partial charge in [-0.15, -0.1) is 0 Å². The van der Waals surface area contributed by atoms with Crippen LogP contribution in [0.4, 0.5) is 0 Å². The van der Waals surface area contributed by atoms with E-state index in [1.807, 2.05) is 12.1 Å². The van der Waals surface area contributed by atoms with Gasteiger partial charge in [0.15, 0.2) is 0 Å². The molecule has 0 bridgehead atoms. The van der Waals surface area contributed by atoms with E-state index < -0.39 is 0 Å². The van der Waals surface area contributed by atoms with Crippen LogP contribution in [0.15, 0.2) is 24.3 Å². The second kappa shape index (κ2) is 7.52. The zero-order chi connectivity index (χ0) is 8.27. The standard InChI is InChI=1S/C10H14O.CH3.Y/c1-8(2)9-4-6-10(11-3)7-5-9;;/h4-8H,1-3H3;1H3;/q;-1;. The Morgan fingerprint density at radius 1 is 1.08 bits per heavy atom. The Kier molecular flexibility index (Phi) is 9.02. The van der Waals surface area contributed by atoms with Gasteiger partial charge in [-0.25, -0.2) is 0 Å². The van der Waals surface area contributed by atoms with Gasteiger partial charge in [-0.2, -0.15) is 0 Å². The molecular formula is C11H17OY-. The van der Waals surface area contributed by atoms with E-state index in [0.717, 1.165) is 5.75 Å². The first-order valence-corrected chi connectivity index (χ1v) is 3.88. The van der Waals surface area contributed by atoms with Crippen molar-refractivity contribution in [3.63, 3.8) is 0 Å². The minimum atomic E-state index is 0. The Labute approximate surface area is 107 Å². The molecule has 0 aliphatic rings. The molecule has 13 heavy (non-hydrogen) atoms. The van der Waals surface area contributed by atoms with Crippen molar-refractivity contribution in [2.24, 2.45) is 0 Å². The Balaban J connectivity index is 0. The molecule has 0 aliphatic heterocycles. The molecule has 0 N–H and O–H groups in total. The molecule has 0 aliphatic carbocycles. The second-order valence-corrected chi connectivity index (χ2v) is 2.93. The molecular weight excluding hydrogens is 237 g/mol. The average molecular weight is 254 g/mol. The zero-order valence-electron chi connectivity index (χ0n) is 8.87. The predicted molar refractivity (Wildman–Crippen MR) is 53.5 cm³/mol. The smallest absolute Gasteiger partial charge is 0.118 e. The summed E-state index contributed by atoms with van der Waals surface area (Å²) >= 11 is 0. The Hall–Kier alpha value is 0.124. The van der Waals surface area contributed by atoms with Crippen molar-refractivity contribution in [2.45, 2.75) is 19.8 Å². The van der Waals surface area contributed by atoms with Gasteiger partial charge in [0.25, 0.3) is 0 Å².